The van der Waals surface area contributed by atoms with Crippen LogP contribution in [0.4, 0.5) is 11.4 Å². The molecule has 0 unspecified atom stereocenters. The molecule has 0 bridgehead atoms. The van der Waals surface area contributed by atoms with Crippen LogP contribution in [0.15, 0.2) is 59.3 Å². The molecule has 30 heavy (non-hydrogen) atoms. The van der Waals surface area contributed by atoms with E-state index in [2.05, 4.69) is 20.7 Å². The summed E-state index contributed by atoms with van der Waals surface area (Å²) in [4.78, 5) is 29.4. The number of anilines is 2. The predicted molar refractivity (Wildman–Crippen MR) is 114 cm³/mol. The van der Waals surface area contributed by atoms with Gasteiger partial charge in [-0.1, -0.05) is 0 Å². The Morgan fingerprint density at radius 3 is 2.30 bits per heavy atom. The maximum absolute atomic E-state index is 12.8. The molecule has 0 saturated heterocycles. The van der Waals surface area contributed by atoms with Crippen molar-refractivity contribution in [2.45, 2.75) is 26.8 Å². The van der Waals surface area contributed by atoms with E-state index >= 15 is 0 Å². The highest BCUT2D eigenvalue weighted by molar-refractivity contribution is 6.07. The van der Waals surface area contributed by atoms with Gasteiger partial charge in [-0.25, -0.2) is 9.67 Å². The monoisotopic (exact) mass is 403 g/mol. The van der Waals surface area contributed by atoms with E-state index in [0.29, 0.717) is 22.6 Å². The van der Waals surface area contributed by atoms with Gasteiger partial charge < -0.3 is 15.1 Å². The van der Waals surface area contributed by atoms with Crippen molar-refractivity contribution in [3.63, 3.8) is 0 Å². The van der Waals surface area contributed by atoms with E-state index in [1.54, 1.807) is 55.6 Å². The van der Waals surface area contributed by atoms with E-state index in [4.69, 9.17) is 4.42 Å². The van der Waals surface area contributed by atoms with Gasteiger partial charge in [0, 0.05) is 22.8 Å². The number of rotatable bonds is 5. The molecule has 0 spiro atoms. The topological polar surface area (TPSA) is 102 Å². The van der Waals surface area contributed by atoms with Crippen LogP contribution >= 0.6 is 0 Å². The molecular weight excluding hydrogens is 382 g/mol. The Kier molecular flexibility index (Phi) is 5.05. The molecule has 8 nitrogen and oxygen atoms in total. The van der Waals surface area contributed by atoms with Gasteiger partial charge in [0.25, 0.3) is 11.8 Å². The third kappa shape index (κ3) is 3.80. The van der Waals surface area contributed by atoms with Gasteiger partial charge in [-0.15, -0.1) is 0 Å². The zero-order chi connectivity index (χ0) is 21.3. The Labute approximate surface area is 172 Å². The van der Waals surface area contributed by atoms with Crippen LogP contribution < -0.4 is 10.6 Å². The zero-order valence-corrected chi connectivity index (χ0v) is 16.8. The molecule has 0 aliphatic carbocycles. The lowest BCUT2D eigenvalue weighted by atomic mass is 10.1. The van der Waals surface area contributed by atoms with Crippen LogP contribution in [0.5, 0.6) is 0 Å². The number of carbonyl (C=O) groups is 2. The molecule has 0 atom stereocenters. The number of carbonyl (C=O) groups excluding carboxylic acids is 2. The van der Waals surface area contributed by atoms with Gasteiger partial charge >= 0.3 is 0 Å². The first-order valence-corrected chi connectivity index (χ1v) is 9.53. The quantitative estimate of drug-likeness (QED) is 0.514. The van der Waals surface area contributed by atoms with E-state index in [1.807, 2.05) is 18.5 Å². The molecule has 2 amide bonds. The number of furan rings is 1. The van der Waals surface area contributed by atoms with Crippen LogP contribution in [-0.2, 0) is 0 Å². The number of benzene rings is 1. The van der Waals surface area contributed by atoms with Gasteiger partial charge in [0.15, 0.2) is 11.4 Å². The molecule has 2 N–H and O–H groups in total. The van der Waals surface area contributed by atoms with E-state index < -0.39 is 0 Å². The third-order valence-electron chi connectivity index (χ3n) is 4.64. The average Bonchev–Trinajstić information content (AvgIpc) is 3.38. The smallest absolute Gasteiger partial charge is 0.291 e. The molecule has 8 heteroatoms. The summed E-state index contributed by atoms with van der Waals surface area (Å²) >= 11 is 0. The SMILES string of the molecule is Cc1nc2c(cnn2C(C)C)cc1C(=O)Nc1ccc(NC(=O)c2ccco2)cc1. The van der Waals surface area contributed by atoms with Crippen LogP contribution in [0.25, 0.3) is 11.0 Å². The lowest BCUT2D eigenvalue weighted by Gasteiger charge is -2.10. The summed E-state index contributed by atoms with van der Waals surface area (Å²) < 4.78 is 6.90. The first-order valence-electron chi connectivity index (χ1n) is 9.53. The number of aryl methyl sites for hydroxylation is 1. The third-order valence-corrected chi connectivity index (χ3v) is 4.64. The number of pyridine rings is 1. The van der Waals surface area contributed by atoms with Crippen molar-refractivity contribution in [3.05, 3.63) is 71.9 Å². The van der Waals surface area contributed by atoms with Crippen molar-refractivity contribution in [3.8, 4) is 0 Å². The fourth-order valence-electron chi connectivity index (χ4n) is 3.11. The van der Waals surface area contributed by atoms with Gasteiger partial charge in [0.2, 0.25) is 0 Å². The van der Waals surface area contributed by atoms with E-state index in [9.17, 15) is 9.59 Å². The largest absolute Gasteiger partial charge is 0.459 e. The molecule has 152 valence electrons. The van der Waals surface area contributed by atoms with Gasteiger partial charge in [-0.3, -0.25) is 9.59 Å². The van der Waals surface area contributed by atoms with Crippen LogP contribution in [-0.4, -0.2) is 26.6 Å². The second kappa shape index (κ2) is 7.82. The Morgan fingerprint density at radius 2 is 1.70 bits per heavy atom. The van der Waals surface area contributed by atoms with E-state index in [0.717, 1.165) is 11.0 Å². The molecule has 4 rings (SSSR count). The fraction of sp³-hybridized carbons (Fsp3) is 0.182. The predicted octanol–water partition coefficient (Wildman–Crippen LogP) is 4.42. The minimum absolute atomic E-state index is 0.181. The maximum atomic E-state index is 12.8. The second-order valence-corrected chi connectivity index (χ2v) is 7.18. The van der Waals surface area contributed by atoms with Crippen LogP contribution in [0.3, 0.4) is 0 Å². The van der Waals surface area contributed by atoms with Gasteiger partial charge in [0.05, 0.1) is 23.7 Å². The summed E-state index contributed by atoms with van der Waals surface area (Å²) in [7, 11) is 0. The van der Waals surface area contributed by atoms with E-state index in [1.165, 1.54) is 6.26 Å². The van der Waals surface area contributed by atoms with Gasteiger partial charge in [0.1, 0.15) is 0 Å². The first-order chi connectivity index (χ1) is 14.4. The van der Waals surface area contributed by atoms with Crippen molar-refractivity contribution in [1.82, 2.24) is 14.8 Å². The number of amides is 2. The Morgan fingerprint density at radius 1 is 1.03 bits per heavy atom. The second-order valence-electron chi connectivity index (χ2n) is 7.18. The summed E-state index contributed by atoms with van der Waals surface area (Å²) in [5.74, 6) is -0.369. The molecular formula is C22H21N5O3. The maximum Gasteiger partial charge on any atom is 0.291 e. The van der Waals surface area contributed by atoms with Crippen LogP contribution in [0.2, 0.25) is 0 Å². The number of aromatic nitrogens is 3. The molecule has 1 aromatic carbocycles. The lowest BCUT2D eigenvalue weighted by molar-refractivity contribution is 0.0994. The summed E-state index contributed by atoms with van der Waals surface area (Å²) in [5, 5.41) is 10.8. The minimum Gasteiger partial charge on any atom is -0.459 e. The zero-order valence-electron chi connectivity index (χ0n) is 16.8. The molecule has 3 heterocycles. The van der Waals surface area contributed by atoms with Crippen molar-refractivity contribution < 1.29 is 14.0 Å². The highest BCUT2D eigenvalue weighted by Crippen LogP contribution is 2.21. The summed E-state index contributed by atoms with van der Waals surface area (Å²) in [6.45, 7) is 5.87. The number of nitrogens with one attached hydrogen (secondary N) is 2. The number of nitrogens with zero attached hydrogens (tertiary/aromatic N) is 3. The molecule has 4 aromatic rings. The molecule has 0 fully saturated rings. The van der Waals surface area contributed by atoms with E-state index in [-0.39, 0.29) is 23.6 Å². The standard InChI is InChI=1S/C22H21N5O3/c1-13(2)27-20-15(12-23-27)11-18(14(3)24-20)21(28)25-16-6-8-17(9-7-16)26-22(29)19-5-4-10-30-19/h4-13H,1-3H3,(H,25,28)(H,26,29). The van der Waals surface area contributed by atoms with Gasteiger partial charge in [-0.2, -0.15) is 5.10 Å². The number of fused-ring (bicyclic) bond motifs is 1. The Bertz CT molecular complexity index is 1210. The molecule has 0 aliphatic heterocycles. The summed E-state index contributed by atoms with van der Waals surface area (Å²) in [6, 6.07) is 12.1. The first kappa shape index (κ1) is 19.4. The normalized spacial score (nSPS) is 11.1. The highest BCUT2D eigenvalue weighted by atomic mass is 16.3. The highest BCUT2D eigenvalue weighted by Gasteiger charge is 2.16. The number of hydrogen-bond acceptors (Lipinski definition) is 5. The molecule has 0 radical (unpaired) electrons. The lowest BCUT2D eigenvalue weighted by Crippen LogP contribution is -2.15. The van der Waals surface area contributed by atoms with Crippen molar-refractivity contribution in [2.75, 3.05) is 10.6 Å². The molecule has 0 aliphatic rings. The molecule has 3 aromatic heterocycles. The Hall–Kier alpha value is -3.94. The summed E-state index contributed by atoms with van der Waals surface area (Å²) in [6.07, 6.45) is 3.16. The number of hydrogen-bond donors (Lipinski definition) is 2. The van der Waals surface area contributed by atoms with Crippen LogP contribution in [0, 0.1) is 6.92 Å². The Balaban J connectivity index is 1.48. The van der Waals surface area contributed by atoms with Crippen molar-refractivity contribution in [2.24, 2.45) is 0 Å². The van der Waals surface area contributed by atoms with Gasteiger partial charge in [-0.05, 0) is 63.2 Å². The van der Waals surface area contributed by atoms with Crippen molar-refractivity contribution >= 4 is 34.2 Å². The average molecular weight is 403 g/mol. The van der Waals surface area contributed by atoms with Crippen molar-refractivity contribution in [1.29, 1.82) is 0 Å². The fourth-order valence-corrected chi connectivity index (χ4v) is 3.11. The minimum atomic E-state index is -0.339. The molecule has 0 saturated carbocycles. The van der Waals surface area contributed by atoms with Crippen LogP contribution in [0.1, 0.15) is 46.5 Å². The summed E-state index contributed by atoms with van der Waals surface area (Å²) in [5.41, 5.74) is 3.07.